The van der Waals surface area contributed by atoms with Crippen LogP contribution in [-0.2, 0) is 0 Å². The van der Waals surface area contributed by atoms with Crippen molar-refractivity contribution in [2.24, 2.45) is 0 Å². The second-order valence-corrected chi connectivity index (χ2v) is 3.90. The van der Waals surface area contributed by atoms with Crippen LogP contribution < -0.4 is 4.90 Å². The Morgan fingerprint density at radius 3 is 2.78 bits per heavy atom. The molecule has 0 aromatic carbocycles. The Bertz CT molecular complexity index is 462. The van der Waals surface area contributed by atoms with Crippen LogP contribution in [0.15, 0.2) is 12.3 Å². The lowest BCUT2D eigenvalue weighted by molar-refractivity contribution is -0.389. The fourth-order valence-corrected chi connectivity index (χ4v) is 1.53. The summed E-state index contributed by atoms with van der Waals surface area (Å²) < 4.78 is 0. The topological polar surface area (TPSA) is 96.6 Å². The molecule has 0 atom stereocenters. The van der Waals surface area contributed by atoms with Gasteiger partial charge in [-0.3, -0.25) is 0 Å². The van der Waals surface area contributed by atoms with Gasteiger partial charge in [0.05, 0.1) is 17.3 Å². The molecule has 0 fully saturated rings. The lowest BCUT2D eigenvalue weighted by Crippen LogP contribution is -2.21. The van der Waals surface area contributed by atoms with E-state index in [0.717, 1.165) is 18.9 Å². The highest BCUT2D eigenvalue weighted by molar-refractivity contribution is 5.94. The van der Waals surface area contributed by atoms with Gasteiger partial charge in [0, 0.05) is 13.6 Å². The van der Waals surface area contributed by atoms with Crippen LogP contribution in [-0.4, -0.2) is 34.6 Å². The van der Waals surface area contributed by atoms with E-state index in [0.29, 0.717) is 12.2 Å². The summed E-state index contributed by atoms with van der Waals surface area (Å²) in [4.78, 5) is 26.3. The minimum absolute atomic E-state index is 0.102. The molecule has 0 saturated carbocycles. The summed E-state index contributed by atoms with van der Waals surface area (Å²) >= 11 is 0. The fourth-order valence-electron chi connectivity index (χ4n) is 1.53. The molecule has 0 spiro atoms. The quantitative estimate of drug-likeness (QED) is 0.614. The number of rotatable bonds is 6. The number of hydrogen-bond donors (Lipinski definition) is 1. The van der Waals surface area contributed by atoms with E-state index >= 15 is 0 Å². The van der Waals surface area contributed by atoms with Gasteiger partial charge in [-0.1, -0.05) is 13.3 Å². The Kier molecular flexibility index (Phi) is 4.59. The highest BCUT2D eigenvalue weighted by Crippen LogP contribution is 2.22. The fraction of sp³-hybridized carbons (Fsp3) is 0.455. The molecule has 0 radical (unpaired) electrons. The average molecular weight is 253 g/mol. The number of carboxylic acids is 1. The minimum Gasteiger partial charge on any atom is -0.478 e. The molecule has 0 amide bonds. The predicted octanol–water partition coefficient (Wildman–Crippen LogP) is 1.92. The lowest BCUT2D eigenvalue weighted by atomic mass is 10.2. The van der Waals surface area contributed by atoms with Crippen molar-refractivity contribution in [3.8, 4) is 0 Å². The normalized spacial score (nSPS) is 10.1. The number of unbranched alkanes of at least 4 members (excludes halogenated alkanes) is 1. The number of hydrogen-bond acceptors (Lipinski definition) is 5. The maximum Gasteiger partial charge on any atom is 0.364 e. The molecule has 7 heteroatoms. The summed E-state index contributed by atoms with van der Waals surface area (Å²) in [6.45, 7) is 2.70. The molecule has 7 nitrogen and oxygen atoms in total. The molecular weight excluding hydrogens is 238 g/mol. The van der Waals surface area contributed by atoms with Crippen molar-refractivity contribution < 1.29 is 14.8 Å². The molecule has 0 unspecified atom stereocenters. The van der Waals surface area contributed by atoms with Gasteiger partial charge in [0.25, 0.3) is 0 Å². The van der Waals surface area contributed by atoms with E-state index in [1.807, 2.05) is 6.92 Å². The Hall–Kier alpha value is -2.18. The van der Waals surface area contributed by atoms with E-state index in [4.69, 9.17) is 5.11 Å². The van der Waals surface area contributed by atoms with Crippen LogP contribution >= 0.6 is 0 Å². The predicted molar refractivity (Wildman–Crippen MR) is 66.0 cm³/mol. The average Bonchev–Trinajstić information content (AvgIpc) is 2.34. The Balaban J connectivity index is 3.11. The van der Waals surface area contributed by atoms with Crippen molar-refractivity contribution in [2.45, 2.75) is 19.8 Å². The maximum atomic E-state index is 11.1. The number of nitro groups is 1. The number of carbonyl (C=O) groups is 1. The van der Waals surface area contributed by atoms with Gasteiger partial charge in [-0.05, 0) is 16.3 Å². The standard InChI is InChI=1S/C11H15N3O4/c1-3-4-5-13(2)9-7-12-10(14(17)18)6-8(9)11(15)16/h6-7H,3-5H2,1-2H3,(H,15,16). The number of pyridine rings is 1. The van der Waals surface area contributed by atoms with E-state index in [1.54, 1.807) is 11.9 Å². The van der Waals surface area contributed by atoms with Crippen LogP contribution in [0.25, 0.3) is 0 Å². The van der Waals surface area contributed by atoms with Crippen LogP contribution in [0.4, 0.5) is 11.5 Å². The number of aromatic nitrogens is 1. The van der Waals surface area contributed by atoms with Gasteiger partial charge < -0.3 is 20.1 Å². The van der Waals surface area contributed by atoms with Crippen molar-refractivity contribution in [1.29, 1.82) is 0 Å². The summed E-state index contributed by atoms with van der Waals surface area (Å²) in [6.07, 6.45) is 3.12. The first-order valence-electron chi connectivity index (χ1n) is 5.56. The van der Waals surface area contributed by atoms with Crippen LogP contribution in [0.2, 0.25) is 0 Å². The first-order valence-corrected chi connectivity index (χ1v) is 5.56. The van der Waals surface area contributed by atoms with E-state index in [1.165, 1.54) is 6.20 Å². The SMILES string of the molecule is CCCCN(C)c1cnc([N+](=O)[O-])cc1C(=O)O. The third kappa shape index (κ3) is 3.16. The molecule has 18 heavy (non-hydrogen) atoms. The van der Waals surface area contributed by atoms with Gasteiger partial charge in [0.1, 0.15) is 0 Å². The van der Waals surface area contributed by atoms with Gasteiger partial charge in [0.15, 0.2) is 6.20 Å². The number of nitrogens with zero attached hydrogens (tertiary/aromatic N) is 3. The van der Waals surface area contributed by atoms with E-state index in [2.05, 4.69) is 4.98 Å². The van der Waals surface area contributed by atoms with Crippen molar-refractivity contribution in [1.82, 2.24) is 4.98 Å². The van der Waals surface area contributed by atoms with Crippen molar-refractivity contribution >= 4 is 17.5 Å². The van der Waals surface area contributed by atoms with Gasteiger partial charge >= 0.3 is 11.8 Å². The van der Waals surface area contributed by atoms with Crippen LogP contribution in [0.1, 0.15) is 30.1 Å². The summed E-state index contributed by atoms with van der Waals surface area (Å²) in [6, 6.07) is 0.986. The molecule has 0 aliphatic rings. The second-order valence-electron chi connectivity index (χ2n) is 3.90. The van der Waals surface area contributed by atoms with E-state index < -0.39 is 16.7 Å². The molecule has 1 aromatic rings. The molecule has 0 bridgehead atoms. The molecule has 1 N–H and O–H groups in total. The van der Waals surface area contributed by atoms with Crippen LogP contribution in [0.5, 0.6) is 0 Å². The molecule has 98 valence electrons. The zero-order valence-electron chi connectivity index (χ0n) is 10.3. The maximum absolute atomic E-state index is 11.1. The zero-order valence-corrected chi connectivity index (χ0v) is 10.3. The van der Waals surface area contributed by atoms with Gasteiger partial charge in [0.2, 0.25) is 0 Å². The number of aromatic carboxylic acids is 1. The second kappa shape index (κ2) is 5.95. The molecule has 1 aromatic heterocycles. The third-order valence-corrected chi connectivity index (χ3v) is 2.54. The first-order chi connectivity index (χ1) is 8.47. The van der Waals surface area contributed by atoms with Crippen molar-refractivity contribution in [3.05, 3.63) is 27.9 Å². The number of carboxylic acid groups (broad SMARTS) is 1. The molecule has 0 aliphatic heterocycles. The largest absolute Gasteiger partial charge is 0.478 e. The Morgan fingerprint density at radius 1 is 1.61 bits per heavy atom. The lowest BCUT2D eigenvalue weighted by Gasteiger charge is -2.19. The molecule has 1 rings (SSSR count). The van der Waals surface area contributed by atoms with Crippen molar-refractivity contribution in [3.63, 3.8) is 0 Å². The Labute approximate surface area is 104 Å². The summed E-state index contributed by atoms with van der Waals surface area (Å²) in [7, 11) is 1.74. The Morgan fingerprint density at radius 2 is 2.28 bits per heavy atom. The number of anilines is 1. The summed E-state index contributed by atoms with van der Waals surface area (Å²) in [5.41, 5.74) is 0.289. The van der Waals surface area contributed by atoms with Gasteiger partial charge in [-0.15, -0.1) is 0 Å². The van der Waals surface area contributed by atoms with Crippen molar-refractivity contribution in [2.75, 3.05) is 18.5 Å². The summed E-state index contributed by atoms with van der Waals surface area (Å²) in [5, 5.41) is 19.6. The highest BCUT2D eigenvalue weighted by Gasteiger charge is 2.20. The monoisotopic (exact) mass is 253 g/mol. The molecule has 0 aliphatic carbocycles. The summed E-state index contributed by atoms with van der Waals surface area (Å²) in [5.74, 6) is -1.65. The molecule has 0 saturated heterocycles. The highest BCUT2D eigenvalue weighted by atomic mass is 16.6. The molecular formula is C11H15N3O4. The van der Waals surface area contributed by atoms with Crippen LogP contribution in [0, 0.1) is 10.1 Å². The van der Waals surface area contributed by atoms with E-state index in [9.17, 15) is 14.9 Å². The first kappa shape index (κ1) is 13.9. The van der Waals surface area contributed by atoms with Crippen LogP contribution in [0.3, 0.4) is 0 Å². The smallest absolute Gasteiger partial charge is 0.364 e. The van der Waals surface area contributed by atoms with Gasteiger partial charge in [-0.25, -0.2) is 4.79 Å². The third-order valence-electron chi connectivity index (χ3n) is 2.54. The van der Waals surface area contributed by atoms with E-state index in [-0.39, 0.29) is 5.56 Å². The zero-order chi connectivity index (χ0) is 13.7. The van der Waals surface area contributed by atoms with Gasteiger partial charge in [-0.2, -0.15) is 0 Å². The molecule has 1 heterocycles. The minimum atomic E-state index is -1.20.